The van der Waals surface area contributed by atoms with Gasteiger partial charge in [-0.2, -0.15) is 5.10 Å². The SMILES string of the molecule is COc1ccccc1CNC(=O)c1cn(C)nc1CC1CCNCC1. The van der Waals surface area contributed by atoms with Crippen LogP contribution in [0.25, 0.3) is 0 Å². The molecule has 1 aromatic carbocycles. The first-order chi connectivity index (χ1) is 12.2. The smallest absolute Gasteiger partial charge is 0.255 e. The Morgan fingerprint density at radius 3 is 2.88 bits per heavy atom. The van der Waals surface area contributed by atoms with Crippen molar-refractivity contribution in [3.8, 4) is 5.75 Å². The van der Waals surface area contributed by atoms with Gasteiger partial charge in [0, 0.05) is 25.4 Å². The van der Waals surface area contributed by atoms with Crippen LogP contribution in [0, 0.1) is 5.92 Å². The molecule has 0 aliphatic carbocycles. The molecule has 1 amide bonds. The lowest BCUT2D eigenvalue weighted by Gasteiger charge is -2.22. The molecule has 2 N–H and O–H groups in total. The Labute approximate surface area is 148 Å². The van der Waals surface area contributed by atoms with Gasteiger partial charge < -0.3 is 15.4 Å². The summed E-state index contributed by atoms with van der Waals surface area (Å²) in [4.78, 5) is 12.7. The second-order valence-electron chi connectivity index (χ2n) is 6.56. The summed E-state index contributed by atoms with van der Waals surface area (Å²) in [5, 5.41) is 10.9. The van der Waals surface area contributed by atoms with Crippen molar-refractivity contribution in [2.75, 3.05) is 20.2 Å². The number of rotatable bonds is 6. The summed E-state index contributed by atoms with van der Waals surface area (Å²) < 4.78 is 7.07. The highest BCUT2D eigenvalue weighted by Gasteiger charge is 2.21. The number of carbonyl (C=O) groups is 1. The fraction of sp³-hybridized carbons (Fsp3) is 0.474. The van der Waals surface area contributed by atoms with E-state index in [1.54, 1.807) is 11.8 Å². The van der Waals surface area contributed by atoms with E-state index >= 15 is 0 Å². The zero-order valence-electron chi connectivity index (χ0n) is 14.9. The van der Waals surface area contributed by atoms with Gasteiger partial charge in [-0.1, -0.05) is 18.2 Å². The topological polar surface area (TPSA) is 68.2 Å². The van der Waals surface area contributed by atoms with E-state index < -0.39 is 0 Å². The van der Waals surface area contributed by atoms with Gasteiger partial charge in [-0.15, -0.1) is 0 Å². The predicted octanol–water partition coefficient (Wildman–Crippen LogP) is 1.90. The number of benzene rings is 1. The lowest BCUT2D eigenvalue weighted by atomic mass is 9.92. The first-order valence-corrected chi connectivity index (χ1v) is 8.80. The van der Waals surface area contributed by atoms with Crippen molar-refractivity contribution < 1.29 is 9.53 Å². The largest absolute Gasteiger partial charge is 0.496 e. The maximum Gasteiger partial charge on any atom is 0.255 e. The second-order valence-corrected chi connectivity index (χ2v) is 6.56. The van der Waals surface area contributed by atoms with Crippen molar-refractivity contribution >= 4 is 5.91 Å². The molecule has 134 valence electrons. The highest BCUT2D eigenvalue weighted by atomic mass is 16.5. The molecule has 6 nitrogen and oxygen atoms in total. The molecular formula is C19H26N4O2. The van der Waals surface area contributed by atoms with E-state index in [1.807, 2.05) is 37.5 Å². The monoisotopic (exact) mass is 342 g/mol. The fourth-order valence-corrected chi connectivity index (χ4v) is 3.35. The lowest BCUT2D eigenvalue weighted by Crippen LogP contribution is -2.29. The number of aryl methyl sites for hydroxylation is 1. The van der Waals surface area contributed by atoms with Crippen molar-refractivity contribution in [2.45, 2.75) is 25.8 Å². The van der Waals surface area contributed by atoms with Crippen molar-refractivity contribution in [1.82, 2.24) is 20.4 Å². The van der Waals surface area contributed by atoms with Crippen LogP contribution in [0.3, 0.4) is 0 Å². The van der Waals surface area contributed by atoms with Crippen LogP contribution in [0.1, 0.15) is 34.5 Å². The Hall–Kier alpha value is -2.34. The number of nitrogens with one attached hydrogen (secondary N) is 2. The van der Waals surface area contributed by atoms with E-state index in [1.165, 1.54) is 0 Å². The number of ether oxygens (including phenoxy) is 1. The number of nitrogens with zero attached hydrogens (tertiary/aromatic N) is 2. The first-order valence-electron chi connectivity index (χ1n) is 8.80. The maximum absolute atomic E-state index is 12.7. The van der Waals surface area contributed by atoms with Crippen molar-refractivity contribution in [3.63, 3.8) is 0 Å². The molecule has 0 saturated carbocycles. The number of piperidine rings is 1. The van der Waals surface area contributed by atoms with Gasteiger partial charge in [-0.05, 0) is 44.3 Å². The maximum atomic E-state index is 12.7. The second kappa shape index (κ2) is 8.16. The summed E-state index contributed by atoms with van der Waals surface area (Å²) in [5.41, 5.74) is 2.53. The van der Waals surface area contributed by atoms with Gasteiger partial charge >= 0.3 is 0 Å². The zero-order chi connectivity index (χ0) is 17.6. The molecule has 1 aromatic heterocycles. The van der Waals surface area contributed by atoms with Gasteiger partial charge in [0.25, 0.3) is 5.91 Å². The van der Waals surface area contributed by atoms with Gasteiger partial charge in [-0.3, -0.25) is 9.48 Å². The standard InChI is InChI=1S/C19H26N4O2/c1-23-13-16(17(22-23)11-14-7-9-20-10-8-14)19(24)21-12-15-5-3-4-6-18(15)25-2/h3-6,13-14,20H,7-12H2,1-2H3,(H,21,24). The van der Waals surface area contributed by atoms with Crippen LogP contribution >= 0.6 is 0 Å². The number of hydrogen-bond acceptors (Lipinski definition) is 4. The Bertz CT molecular complexity index is 720. The van der Waals surface area contributed by atoms with Crippen molar-refractivity contribution in [1.29, 1.82) is 0 Å². The van der Waals surface area contributed by atoms with Crippen LogP contribution in [0.2, 0.25) is 0 Å². The van der Waals surface area contributed by atoms with E-state index in [9.17, 15) is 4.79 Å². The molecule has 6 heteroatoms. The molecule has 0 bridgehead atoms. The third kappa shape index (κ3) is 4.39. The summed E-state index contributed by atoms with van der Waals surface area (Å²) in [5.74, 6) is 1.30. The van der Waals surface area contributed by atoms with Crippen LogP contribution in [-0.2, 0) is 20.0 Å². The molecule has 0 radical (unpaired) electrons. The van der Waals surface area contributed by atoms with Crippen molar-refractivity contribution in [3.05, 3.63) is 47.3 Å². The van der Waals surface area contributed by atoms with Crippen LogP contribution in [0.5, 0.6) is 5.75 Å². The number of aromatic nitrogens is 2. The summed E-state index contributed by atoms with van der Waals surface area (Å²) in [7, 11) is 3.50. The Morgan fingerprint density at radius 1 is 1.36 bits per heavy atom. The number of methoxy groups -OCH3 is 1. The summed E-state index contributed by atoms with van der Waals surface area (Å²) in [6, 6.07) is 7.71. The molecule has 2 heterocycles. The number of para-hydroxylation sites is 1. The Kier molecular flexibility index (Phi) is 5.71. The van der Waals surface area contributed by atoms with Crippen LogP contribution in [0.15, 0.2) is 30.5 Å². The quantitative estimate of drug-likeness (QED) is 0.841. The molecule has 0 spiro atoms. The summed E-state index contributed by atoms with van der Waals surface area (Å²) >= 11 is 0. The molecule has 0 atom stereocenters. The third-order valence-electron chi connectivity index (χ3n) is 4.72. The van der Waals surface area contributed by atoms with E-state index in [0.717, 1.165) is 49.4 Å². The molecule has 1 aliphatic heterocycles. The molecule has 1 saturated heterocycles. The minimum atomic E-state index is -0.0806. The molecule has 1 fully saturated rings. The number of amides is 1. The van der Waals surface area contributed by atoms with E-state index in [4.69, 9.17) is 4.74 Å². The summed E-state index contributed by atoms with van der Waals surface area (Å²) in [6.07, 6.45) is 4.95. The zero-order valence-corrected chi connectivity index (χ0v) is 14.9. The van der Waals surface area contributed by atoms with Gasteiger partial charge in [0.05, 0.1) is 18.4 Å². The number of hydrogen-bond donors (Lipinski definition) is 2. The highest BCUT2D eigenvalue weighted by Crippen LogP contribution is 2.20. The van der Waals surface area contributed by atoms with Gasteiger partial charge in [0.2, 0.25) is 0 Å². The van der Waals surface area contributed by atoms with E-state index in [0.29, 0.717) is 18.0 Å². The molecular weight excluding hydrogens is 316 g/mol. The van der Waals surface area contributed by atoms with Crippen molar-refractivity contribution in [2.24, 2.45) is 13.0 Å². The van der Waals surface area contributed by atoms with Gasteiger partial charge in [0.1, 0.15) is 5.75 Å². The minimum absolute atomic E-state index is 0.0806. The molecule has 25 heavy (non-hydrogen) atoms. The van der Waals surface area contributed by atoms with E-state index in [-0.39, 0.29) is 5.91 Å². The fourth-order valence-electron chi connectivity index (χ4n) is 3.35. The Balaban J connectivity index is 1.67. The molecule has 2 aromatic rings. The lowest BCUT2D eigenvalue weighted by molar-refractivity contribution is 0.0949. The Morgan fingerprint density at radius 2 is 2.12 bits per heavy atom. The van der Waals surface area contributed by atoms with Gasteiger partial charge in [-0.25, -0.2) is 0 Å². The normalized spacial score (nSPS) is 15.1. The first kappa shape index (κ1) is 17.5. The predicted molar refractivity (Wildman–Crippen MR) is 96.7 cm³/mol. The highest BCUT2D eigenvalue weighted by molar-refractivity contribution is 5.95. The molecule has 0 unspecified atom stereocenters. The van der Waals surface area contributed by atoms with Crippen LogP contribution < -0.4 is 15.4 Å². The average molecular weight is 342 g/mol. The average Bonchev–Trinajstić information content (AvgIpc) is 3.01. The van der Waals surface area contributed by atoms with Gasteiger partial charge in [0.15, 0.2) is 0 Å². The molecule has 1 aliphatic rings. The minimum Gasteiger partial charge on any atom is -0.496 e. The third-order valence-corrected chi connectivity index (χ3v) is 4.72. The van der Waals surface area contributed by atoms with Crippen LogP contribution in [-0.4, -0.2) is 35.9 Å². The van der Waals surface area contributed by atoms with E-state index in [2.05, 4.69) is 15.7 Å². The molecule has 3 rings (SSSR count). The number of carbonyl (C=O) groups excluding carboxylic acids is 1. The van der Waals surface area contributed by atoms with Crippen LogP contribution in [0.4, 0.5) is 0 Å². The summed E-state index contributed by atoms with van der Waals surface area (Å²) in [6.45, 7) is 2.53.